The van der Waals surface area contributed by atoms with Gasteiger partial charge in [0.05, 0.1) is 19.0 Å². The number of nitrogens with zero attached hydrogens (tertiary/aromatic N) is 2. The normalized spacial score (nSPS) is 13.2. The second kappa shape index (κ2) is 11.0. The Morgan fingerprint density at radius 3 is 2.57 bits per heavy atom. The molecule has 9 nitrogen and oxygen atoms in total. The number of fused-ring (bicyclic) bond motifs is 1. The molecule has 0 saturated heterocycles. The molecule has 0 radical (unpaired) electrons. The lowest BCUT2D eigenvalue weighted by Crippen LogP contribution is -2.26. The van der Waals surface area contributed by atoms with E-state index in [1.165, 1.54) is 0 Å². The van der Waals surface area contributed by atoms with Crippen molar-refractivity contribution in [2.45, 2.75) is 12.5 Å². The third-order valence-electron chi connectivity index (χ3n) is 6.02. The second-order valence-corrected chi connectivity index (χ2v) is 8.50. The molecule has 0 aliphatic carbocycles. The highest BCUT2D eigenvalue weighted by molar-refractivity contribution is 6.06. The summed E-state index contributed by atoms with van der Waals surface area (Å²) >= 11 is 0. The third-order valence-corrected chi connectivity index (χ3v) is 6.02. The molecule has 1 aromatic heterocycles. The van der Waals surface area contributed by atoms with Gasteiger partial charge in [-0.1, -0.05) is 42.5 Å². The van der Waals surface area contributed by atoms with Crippen molar-refractivity contribution in [1.82, 2.24) is 9.88 Å². The minimum absolute atomic E-state index is 0. The first-order valence-electron chi connectivity index (χ1n) is 11.5. The molecule has 5 N–H and O–H groups in total. The molecule has 1 aliphatic heterocycles. The van der Waals surface area contributed by atoms with Crippen molar-refractivity contribution in [2.24, 2.45) is 4.99 Å². The van der Waals surface area contributed by atoms with Gasteiger partial charge in [-0.15, -0.1) is 12.4 Å². The van der Waals surface area contributed by atoms with Crippen LogP contribution in [-0.2, 0) is 4.79 Å². The van der Waals surface area contributed by atoms with Gasteiger partial charge in [0, 0.05) is 40.5 Å². The number of carboxylic acids is 1. The maximum absolute atomic E-state index is 12.9. The molecule has 3 aromatic carbocycles. The number of carbonyl (C=O) groups excluding carboxylic acids is 1. The molecular formula is C27H26ClN5O4. The molecule has 10 heteroatoms. The Hall–Kier alpha value is -4.50. The standard InChI is InChI=1S/C27H25N5O4.ClH/c33-24(34)15-23(17-5-2-1-3-6-17)32-16-19-9-10-21(14-22(19)26(32)36)30-25(35)18-7-4-8-20(13-18)31-27-28-11-12-29-27;/h1-10,13-14,16,23,36H,11-12,15H2,(H,30,35)(H,33,34)(H2,28,29,31);1H. The zero-order chi connectivity index (χ0) is 25.1. The summed E-state index contributed by atoms with van der Waals surface area (Å²) in [6, 6.07) is 20.9. The highest BCUT2D eigenvalue weighted by Gasteiger charge is 2.22. The fraction of sp³-hybridized carbons (Fsp3) is 0.148. The molecule has 0 saturated carbocycles. The number of halogens is 1. The summed E-state index contributed by atoms with van der Waals surface area (Å²) in [5.74, 6) is -0.658. The van der Waals surface area contributed by atoms with Gasteiger partial charge in [0.15, 0.2) is 11.8 Å². The summed E-state index contributed by atoms with van der Waals surface area (Å²) in [4.78, 5) is 28.8. The molecule has 1 atom stereocenters. The predicted molar refractivity (Wildman–Crippen MR) is 146 cm³/mol. The Morgan fingerprint density at radius 1 is 1.03 bits per heavy atom. The molecule has 37 heavy (non-hydrogen) atoms. The van der Waals surface area contributed by atoms with E-state index in [0.29, 0.717) is 29.1 Å². The van der Waals surface area contributed by atoms with Crippen LogP contribution >= 0.6 is 12.4 Å². The van der Waals surface area contributed by atoms with Crippen molar-refractivity contribution in [3.63, 3.8) is 0 Å². The van der Waals surface area contributed by atoms with Gasteiger partial charge < -0.3 is 30.7 Å². The van der Waals surface area contributed by atoms with Crippen molar-refractivity contribution in [1.29, 1.82) is 0 Å². The molecular weight excluding hydrogens is 494 g/mol. The number of aliphatic imine (C=N–C) groups is 1. The topological polar surface area (TPSA) is 128 Å². The fourth-order valence-electron chi connectivity index (χ4n) is 4.31. The number of rotatable bonds is 7. The minimum Gasteiger partial charge on any atom is -0.494 e. The van der Waals surface area contributed by atoms with Crippen LogP contribution in [0.3, 0.4) is 0 Å². The molecule has 2 heterocycles. The molecule has 0 bridgehead atoms. The summed E-state index contributed by atoms with van der Waals surface area (Å²) in [5.41, 5.74) is 2.49. The van der Waals surface area contributed by atoms with Crippen LogP contribution in [0, 0.1) is 0 Å². The molecule has 1 amide bonds. The molecule has 190 valence electrons. The quantitative estimate of drug-likeness (QED) is 0.245. The highest BCUT2D eigenvalue weighted by Crippen LogP contribution is 2.35. The van der Waals surface area contributed by atoms with Crippen molar-refractivity contribution in [3.8, 4) is 5.88 Å². The van der Waals surface area contributed by atoms with Crippen LogP contribution in [0.5, 0.6) is 5.88 Å². The summed E-state index contributed by atoms with van der Waals surface area (Å²) < 4.78 is 1.56. The Kier molecular flexibility index (Phi) is 7.64. The van der Waals surface area contributed by atoms with Crippen LogP contribution < -0.4 is 16.0 Å². The lowest BCUT2D eigenvalue weighted by molar-refractivity contribution is -0.137. The van der Waals surface area contributed by atoms with Crippen LogP contribution in [-0.4, -0.2) is 45.7 Å². The van der Waals surface area contributed by atoms with Crippen LogP contribution in [0.2, 0.25) is 0 Å². The van der Waals surface area contributed by atoms with E-state index in [-0.39, 0.29) is 30.6 Å². The van der Waals surface area contributed by atoms with E-state index in [9.17, 15) is 19.8 Å². The van der Waals surface area contributed by atoms with Crippen LogP contribution in [0.25, 0.3) is 10.8 Å². The predicted octanol–water partition coefficient (Wildman–Crippen LogP) is 4.46. The highest BCUT2D eigenvalue weighted by atomic mass is 35.5. The number of carboxylic acid groups (broad SMARTS) is 1. The van der Waals surface area contributed by atoms with Gasteiger partial charge in [0.2, 0.25) is 0 Å². The van der Waals surface area contributed by atoms with Crippen LogP contribution in [0.15, 0.2) is 84.0 Å². The number of aliphatic carboxylic acids is 1. The second-order valence-electron chi connectivity index (χ2n) is 8.50. The Morgan fingerprint density at radius 2 is 1.84 bits per heavy atom. The number of nitrogens with one attached hydrogen (secondary N) is 3. The Balaban J connectivity index is 0.00000320. The maximum Gasteiger partial charge on any atom is 0.305 e. The first-order valence-corrected chi connectivity index (χ1v) is 11.5. The maximum atomic E-state index is 12.9. The van der Waals surface area contributed by atoms with Gasteiger partial charge in [0.25, 0.3) is 5.91 Å². The monoisotopic (exact) mass is 519 g/mol. The average molecular weight is 520 g/mol. The number of anilines is 2. The third kappa shape index (κ3) is 5.68. The van der Waals surface area contributed by atoms with Crippen LogP contribution in [0.4, 0.5) is 11.4 Å². The Labute approximate surface area is 219 Å². The van der Waals surface area contributed by atoms with Crippen molar-refractivity contribution in [3.05, 3.63) is 90.1 Å². The van der Waals surface area contributed by atoms with Gasteiger partial charge in [-0.25, -0.2) is 0 Å². The first kappa shape index (κ1) is 25.6. The molecule has 5 rings (SSSR count). The van der Waals surface area contributed by atoms with E-state index < -0.39 is 12.0 Å². The van der Waals surface area contributed by atoms with Gasteiger partial charge in [-0.05, 0) is 35.9 Å². The molecule has 1 aliphatic rings. The van der Waals surface area contributed by atoms with E-state index in [4.69, 9.17) is 0 Å². The molecule has 4 aromatic rings. The first-order chi connectivity index (χ1) is 17.5. The lowest BCUT2D eigenvalue weighted by Gasteiger charge is -2.18. The van der Waals surface area contributed by atoms with Crippen molar-refractivity contribution in [2.75, 3.05) is 23.7 Å². The van der Waals surface area contributed by atoms with Gasteiger partial charge in [-0.2, -0.15) is 0 Å². The van der Waals surface area contributed by atoms with Gasteiger partial charge in [-0.3, -0.25) is 14.6 Å². The van der Waals surface area contributed by atoms with Crippen molar-refractivity contribution >= 4 is 52.4 Å². The minimum atomic E-state index is -0.971. The number of hydrogen-bond acceptors (Lipinski definition) is 6. The number of benzene rings is 3. The fourth-order valence-corrected chi connectivity index (χ4v) is 4.31. The zero-order valence-corrected chi connectivity index (χ0v) is 20.5. The summed E-state index contributed by atoms with van der Waals surface area (Å²) in [7, 11) is 0. The largest absolute Gasteiger partial charge is 0.494 e. The zero-order valence-electron chi connectivity index (χ0n) is 19.7. The summed E-state index contributed by atoms with van der Waals surface area (Å²) in [6.07, 6.45) is 1.54. The van der Waals surface area contributed by atoms with Crippen LogP contribution in [0.1, 0.15) is 28.4 Å². The number of aromatic hydroxyl groups is 1. The average Bonchev–Trinajstić information content (AvgIpc) is 3.51. The van der Waals surface area contributed by atoms with Gasteiger partial charge >= 0.3 is 5.97 Å². The molecule has 0 fully saturated rings. The smallest absolute Gasteiger partial charge is 0.305 e. The van der Waals surface area contributed by atoms with E-state index in [0.717, 1.165) is 23.2 Å². The van der Waals surface area contributed by atoms with Crippen molar-refractivity contribution < 1.29 is 19.8 Å². The van der Waals surface area contributed by atoms with E-state index >= 15 is 0 Å². The van der Waals surface area contributed by atoms with E-state index in [2.05, 4.69) is 20.9 Å². The number of guanidine groups is 1. The van der Waals surface area contributed by atoms with E-state index in [1.54, 1.807) is 47.2 Å². The Bertz CT molecular complexity index is 1470. The van der Waals surface area contributed by atoms with E-state index in [1.807, 2.05) is 36.4 Å². The number of aromatic nitrogens is 1. The lowest BCUT2D eigenvalue weighted by atomic mass is 10.0. The number of hydrogen-bond donors (Lipinski definition) is 5. The van der Waals surface area contributed by atoms with Gasteiger partial charge in [0.1, 0.15) is 0 Å². The summed E-state index contributed by atoms with van der Waals surface area (Å²) in [5, 5.41) is 30.9. The number of amides is 1. The number of carbonyl (C=O) groups is 2. The SMILES string of the molecule is Cl.O=C(O)CC(c1ccccc1)n1cc2ccc(NC(=O)c3cccc(NC4=NCCN4)c3)cc2c1O. The molecule has 1 unspecified atom stereocenters. The summed E-state index contributed by atoms with van der Waals surface area (Å²) in [6.45, 7) is 1.49. The molecule has 0 spiro atoms.